The topological polar surface area (TPSA) is 115 Å². The lowest BCUT2D eigenvalue weighted by Crippen LogP contribution is -2.22. The molecule has 8 heteroatoms. The van der Waals surface area contributed by atoms with Gasteiger partial charge in [0.2, 0.25) is 5.69 Å². The van der Waals surface area contributed by atoms with Gasteiger partial charge in [-0.3, -0.25) is 0 Å². The van der Waals surface area contributed by atoms with Gasteiger partial charge in [0.15, 0.2) is 5.89 Å². The Balaban J connectivity index is 3.19. The molecule has 0 fully saturated rings. The summed E-state index contributed by atoms with van der Waals surface area (Å²) in [5.41, 5.74) is 8.00. The molecule has 1 aromatic rings. The van der Waals surface area contributed by atoms with Crippen molar-refractivity contribution < 1.29 is 28.3 Å². The van der Waals surface area contributed by atoms with Gasteiger partial charge in [-0.1, -0.05) is 12.7 Å². The first-order valence-corrected chi connectivity index (χ1v) is 5.11. The van der Waals surface area contributed by atoms with Crippen LogP contribution in [0.2, 0.25) is 0 Å². The summed E-state index contributed by atoms with van der Waals surface area (Å²) in [5.74, 6) is -2.03. The van der Waals surface area contributed by atoms with Crippen LogP contribution in [0, 0.1) is 6.92 Å². The molecule has 0 radical (unpaired) electrons. The Morgan fingerprint density at radius 1 is 1.58 bits per heavy atom. The van der Waals surface area contributed by atoms with Crippen LogP contribution in [-0.2, 0) is 14.3 Å². The van der Waals surface area contributed by atoms with E-state index in [0.29, 0.717) is 0 Å². The lowest BCUT2D eigenvalue weighted by atomic mass is 10.2. The molecule has 19 heavy (non-hydrogen) atoms. The van der Waals surface area contributed by atoms with Crippen LogP contribution in [0.15, 0.2) is 17.1 Å². The largest absolute Gasteiger partial charge is 0.464 e. The van der Waals surface area contributed by atoms with E-state index >= 15 is 0 Å². The molecule has 0 spiro atoms. The minimum Gasteiger partial charge on any atom is -0.464 e. The Hall–Kier alpha value is -2.73. The fourth-order valence-electron chi connectivity index (χ4n) is 1.20. The molecule has 0 saturated heterocycles. The number of hydrogen-bond acceptors (Lipinski definition) is 6. The molecule has 0 aliphatic rings. The van der Waals surface area contributed by atoms with Crippen molar-refractivity contribution in [1.29, 1.82) is 0 Å². The van der Waals surface area contributed by atoms with Crippen LogP contribution in [0.4, 0.5) is 0 Å². The van der Waals surface area contributed by atoms with Gasteiger partial charge in [0.25, 0.3) is 5.76 Å². The minimum atomic E-state index is -0.983. The smallest absolute Gasteiger partial charge is 0.443 e. The molecule has 1 rings (SSSR count). The molecule has 0 atom stereocenters. The van der Waals surface area contributed by atoms with Gasteiger partial charge in [-0.05, 0) is 0 Å². The van der Waals surface area contributed by atoms with Gasteiger partial charge in [0.05, 0.1) is 7.11 Å². The molecule has 1 heterocycles. The SMILES string of the molecule is C=CCOC(=O)C(=[N+]=[N-])c1oc(C)nc1C(=O)OC. The summed E-state index contributed by atoms with van der Waals surface area (Å²) < 4.78 is 14.2. The molecule has 0 aliphatic heterocycles. The summed E-state index contributed by atoms with van der Waals surface area (Å²) in [5, 5.41) is 0. The van der Waals surface area contributed by atoms with Crippen LogP contribution in [0.1, 0.15) is 22.1 Å². The van der Waals surface area contributed by atoms with Crippen LogP contribution in [0.5, 0.6) is 0 Å². The van der Waals surface area contributed by atoms with Crippen molar-refractivity contribution in [2.75, 3.05) is 13.7 Å². The highest BCUT2D eigenvalue weighted by Gasteiger charge is 2.35. The molecule has 100 valence electrons. The standard InChI is InChI=1S/C11H11N3O5/c1-4-5-18-11(16)8(14-12)9-7(10(15)17-3)13-6(2)19-9/h4H,1,5H2,2-3H3. The summed E-state index contributed by atoms with van der Waals surface area (Å²) >= 11 is 0. The molecule has 0 N–H and O–H groups in total. The van der Waals surface area contributed by atoms with E-state index in [-0.39, 0.29) is 24.0 Å². The maximum Gasteiger partial charge on any atom is 0.443 e. The van der Waals surface area contributed by atoms with Crippen LogP contribution in [0.25, 0.3) is 5.53 Å². The molecule has 0 aliphatic carbocycles. The van der Waals surface area contributed by atoms with E-state index in [1.54, 1.807) is 0 Å². The van der Waals surface area contributed by atoms with E-state index in [4.69, 9.17) is 9.95 Å². The van der Waals surface area contributed by atoms with Crippen molar-refractivity contribution in [3.8, 4) is 0 Å². The van der Waals surface area contributed by atoms with Crippen molar-refractivity contribution in [3.63, 3.8) is 0 Å². The zero-order valence-electron chi connectivity index (χ0n) is 10.4. The van der Waals surface area contributed by atoms with Crippen molar-refractivity contribution in [2.45, 2.75) is 6.92 Å². The molecule has 0 unspecified atom stereocenters. The monoisotopic (exact) mass is 265 g/mol. The molecule has 8 nitrogen and oxygen atoms in total. The van der Waals surface area contributed by atoms with Crippen molar-refractivity contribution in [2.24, 2.45) is 0 Å². The maximum atomic E-state index is 11.6. The van der Waals surface area contributed by atoms with Gasteiger partial charge in [0.1, 0.15) is 6.61 Å². The highest BCUT2D eigenvalue weighted by atomic mass is 16.5. The number of carbonyl (C=O) groups is 2. The van der Waals surface area contributed by atoms with Crippen LogP contribution in [0.3, 0.4) is 0 Å². The zero-order chi connectivity index (χ0) is 14.4. The van der Waals surface area contributed by atoms with Crippen LogP contribution in [-0.4, -0.2) is 41.1 Å². The third-order valence-corrected chi connectivity index (χ3v) is 1.95. The number of hydrogen-bond donors (Lipinski definition) is 0. The quantitative estimate of drug-likeness (QED) is 0.252. The Bertz CT molecular complexity index is 569. The number of esters is 2. The molecule has 0 aromatic carbocycles. The summed E-state index contributed by atoms with van der Waals surface area (Å²) in [6, 6.07) is 0. The average Bonchev–Trinajstić information content (AvgIpc) is 2.78. The number of nitrogens with zero attached hydrogens (tertiary/aromatic N) is 3. The highest BCUT2D eigenvalue weighted by molar-refractivity contribution is 6.41. The van der Waals surface area contributed by atoms with Crippen LogP contribution >= 0.6 is 0 Å². The molecular formula is C11H11N3O5. The van der Waals surface area contributed by atoms with Gasteiger partial charge < -0.3 is 19.4 Å². The van der Waals surface area contributed by atoms with Crippen molar-refractivity contribution in [1.82, 2.24) is 4.98 Å². The van der Waals surface area contributed by atoms with Crippen molar-refractivity contribution in [3.05, 3.63) is 35.5 Å². The molecule has 1 aromatic heterocycles. The predicted molar refractivity (Wildman–Crippen MR) is 61.5 cm³/mol. The minimum absolute atomic E-state index is 0.0848. The lowest BCUT2D eigenvalue weighted by Gasteiger charge is -1.97. The second kappa shape index (κ2) is 6.27. The first-order valence-electron chi connectivity index (χ1n) is 5.11. The second-order valence-electron chi connectivity index (χ2n) is 3.24. The second-order valence-corrected chi connectivity index (χ2v) is 3.24. The fraction of sp³-hybridized carbons (Fsp3) is 0.273. The fourth-order valence-corrected chi connectivity index (χ4v) is 1.20. The van der Waals surface area contributed by atoms with E-state index in [0.717, 1.165) is 7.11 Å². The number of carbonyl (C=O) groups excluding carboxylic acids is 2. The first-order chi connectivity index (χ1) is 9.04. The average molecular weight is 265 g/mol. The highest BCUT2D eigenvalue weighted by Crippen LogP contribution is 2.13. The normalized spacial score (nSPS) is 9.37. The summed E-state index contributed by atoms with van der Waals surface area (Å²) in [6.45, 7) is 4.74. The number of methoxy groups -OCH3 is 1. The number of aromatic nitrogens is 1. The van der Waals surface area contributed by atoms with Gasteiger partial charge >= 0.3 is 17.7 Å². The Labute approximate surface area is 108 Å². The van der Waals surface area contributed by atoms with E-state index < -0.39 is 17.7 Å². The molecule has 0 saturated carbocycles. The van der Waals surface area contributed by atoms with Crippen LogP contribution < -0.4 is 0 Å². The Morgan fingerprint density at radius 3 is 2.79 bits per heavy atom. The maximum absolute atomic E-state index is 11.6. The summed E-state index contributed by atoms with van der Waals surface area (Å²) in [6.07, 6.45) is 1.33. The van der Waals surface area contributed by atoms with E-state index in [2.05, 4.69) is 25.8 Å². The third kappa shape index (κ3) is 3.14. The summed E-state index contributed by atoms with van der Waals surface area (Å²) in [7, 11) is 1.14. The van der Waals surface area contributed by atoms with Gasteiger partial charge in [0, 0.05) is 6.92 Å². The first kappa shape index (κ1) is 14.3. The predicted octanol–water partition coefficient (Wildman–Crippen LogP) is 0.518. The molecule has 0 bridgehead atoms. The van der Waals surface area contributed by atoms with E-state index in [9.17, 15) is 9.59 Å². The zero-order valence-corrected chi connectivity index (χ0v) is 10.4. The van der Waals surface area contributed by atoms with Crippen molar-refractivity contribution >= 4 is 17.7 Å². The van der Waals surface area contributed by atoms with E-state index in [1.165, 1.54) is 13.0 Å². The van der Waals surface area contributed by atoms with Gasteiger partial charge in [-0.2, -0.15) is 4.79 Å². The Morgan fingerprint density at radius 2 is 2.26 bits per heavy atom. The van der Waals surface area contributed by atoms with Gasteiger partial charge in [-0.25, -0.2) is 14.6 Å². The molecule has 0 amide bonds. The number of rotatable bonds is 5. The molecular weight excluding hydrogens is 254 g/mol. The lowest BCUT2D eigenvalue weighted by molar-refractivity contribution is -0.139. The number of ether oxygens (including phenoxy) is 2. The summed E-state index contributed by atoms with van der Waals surface area (Å²) in [4.78, 5) is 29.6. The van der Waals surface area contributed by atoms with Gasteiger partial charge in [-0.15, -0.1) is 0 Å². The number of aryl methyl sites for hydroxylation is 1. The Kier molecular flexibility index (Phi) is 4.73. The number of oxazole rings is 1. The third-order valence-electron chi connectivity index (χ3n) is 1.95. The van der Waals surface area contributed by atoms with E-state index in [1.807, 2.05) is 0 Å².